The Morgan fingerprint density at radius 3 is 2.67 bits per heavy atom. The van der Waals surface area contributed by atoms with Crippen LogP contribution in [0.3, 0.4) is 0 Å². The topological polar surface area (TPSA) is 6.48 Å². The van der Waals surface area contributed by atoms with Gasteiger partial charge >= 0.3 is 0 Å². The van der Waals surface area contributed by atoms with Crippen molar-refractivity contribution in [3.8, 4) is 0 Å². The molecular weight excluding hydrogens is 208 g/mol. The number of hydrogen-bond donors (Lipinski definition) is 0. The minimum Gasteiger partial charge on any atom is -0.308 e. The number of rotatable bonds is 3. The van der Waals surface area contributed by atoms with Gasteiger partial charge in [-0.25, -0.2) is 0 Å². The largest absolute Gasteiger partial charge is 0.308 e. The van der Waals surface area contributed by atoms with E-state index in [1.54, 1.807) is 0 Å². The van der Waals surface area contributed by atoms with Crippen molar-refractivity contribution < 1.29 is 0 Å². The zero-order chi connectivity index (χ0) is 10.8. The fourth-order valence-corrected chi connectivity index (χ4v) is 3.35. The van der Waals surface area contributed by atoms with E-state index in [1.807, 2.05) is 0 Å². The molecule has 1 aliphatic carbocycles. The fraction of sp³-hybridized carbons (Fsp3) is 1.00. The summed E-state index contributed by atoms with van der Waals surface area (Å²) in [6.07, 6.45) is 3.85. The predicted octanol–water partition coefficient (Wildman–Crippen LogP) is 1.89. The SMILES string of the molecule is CN(C)CCN1CC2CCC(Cl)CC2C1. The van der Waals surface area contributed by atoms with Crippen LogP contribution in [0, 0.1) is 11.8 Å². The van der Waals surface area contributed by atoms with Gasteiger partial charge in [0, 0.05) is 31.6 Å². The van der Waals surface area contributed by atoms with Gasteiger partial charge in [0.25, 0.3) is 0 Å². The number of fused-ring (bicyclic) bond motifs is 1. The zero-order valence-electron chi connectivity index (χ0n) is 9.95. The third-order valence-electron chi connectivity index (χ3n) is 3.92. The second-order valence-corrected chi connectivity index (χ2v) is 6.11. The molecule has 1 heterocycles. The van der Waals surface area contributed by atoms with Crippen LogP contribution in [0.25, 0.3) is 0 Å². The van der Waals surface area contributed by atoms with Crippen LogP contribution < -0.4 is 0 Å². The number of likely N-dealkylation sites (tertiary alicyclic amines) is 1. The Bertz CT molecular complexity index is 208. The smallest absolute Gasteiger partial charge is 0.0339 e. The number of alkyl halides is 1. The standard InChI is InChI=1S/C12H23ClN2/c1-14(2)5-6-15-8-10-3-4-12(13)7-11(10)9-15/h10-12H,3-9H2,1-2H3. The van der Waals surface area contributed by atoms with E-state index in [9.17, 15) is 0 Å². The van der Waals surface area contributed by atoms with E-state index in [0.29, 0.717) is 5.38 Å². The van der Waals surface area contributed by atoms with Crippen molar-refractivity contribution >= 4 is 11.6 Å². The molecule has 3 heteroatoms. The van der Waals surface area contributed by atoms with Crippen LogP contribution in [-0.2, 0) is 0 Å². The maximum Gasteiger partial charge on any atom is 0.0339 e. The molecule has 0 aromatic rings. The van der Waals surface area contributed by atoms with Crippen LogP contribution in [0.1, 0.15) is 19.3 Å². The molecule has 2 fully saturated rings. The van der Waals surface area contributed by atoms with Crippen LogP contribution in [0.2, 0.25) is 0 Å². The van der Waals surface area contributed by atoms with Crippen molar-refractivity contribution in [1.29, 1.82) is 0 Å². The van der Waals surface area contributed by atoms with Crippen LogP contribution >= 0.6 is 11.6 Å². The van der Waals surface area contributed by atoms with Gasteiger partial charge in [0.2, 0.25) is 0 Å². The Balaban J connectivity index is 1.78. The van der Waals surface area contributed by atoms with E-state index in [0.717, 1.165) is 11.8 Å². The van der Waals surface area contributed by atoms with Gasteiger partial charge in [-0.05, 0) is 45.2 Å². The van der Waals surface area contributed by atoms with E-state index in [1.165, 1.54) is 45.4 Å². The summed E-state index contributed by atoms with van der Waals surface area (Å²) in [6.45, 7) is 5.03. The minimum absolute atomic E-state index is 0.458. The molecule has 0 N–H and O–H groups in total. The fourth-order valence-electron chi connectivity index (χ4n) is 3.00. The van der Waals surface area contributed by atoms with Crippen molar-refractivity contribution in [2.45, 2.75) is 24.6 Å². The lowest BCUT2D eigenvalue weighted by atomic mass is 9.82. The van der Waals surface area contributed by atoms with Gasteiger partial charge in [-0.1, -0.05) is 0 Å². The summed E-state index contributed by atoms with van der Waals surface area (Å²) in [6, 6.07) is 0. The third-order valence-corrected chi connectivity index (χ3v) is 4.32. The van der Waals surface area contributed by atoms with Gasteiger partial charge in [0.05, 0.1) is 0 Å². The summed E-state index contributed by atoms with van der Waals surface area (Å²) >= 11 is 6.23. The first-order chi connectivity index (χ1) is 7.15. The summed E-state index contributed by atoms with van der Waals surface area (Å²) in [5, 5.41) is 0.458. The Morgan fingerprint density at radius 1 is 1.20 bits per heavy atom. The molecule has 2 aliphatic rings. The maximum absolute atomic E-state index is 6.23. The monoisotopic (exact) mass is 230 g/mol. The highest BCUT2D eigenvalue weighted by Gasteiger charge is 2.36. The second kappa shape index (κ2) is 5.03. The molecule has 0 aromatic heterocycles. The molecule has 2 nitrogen and oxygen atoms in total. The molecule has 3 atom stereocenters. The first kappa shape index (κ1) is 11.7. The molecule has 1 saturated heterocycles. The van der Waals surface area contributed by atoms with Gasteiger partial charge in [-0.15, -0.1) is 11.6 Å². The van der Waals surface area contributed by atoms with Crippen molar-refractivity contribution in [3.05, 3.63) is 0 Å². The third kappa shape index (κ3) is 3.08. The highest BCUT2D eigenvalue weighted by Crippen LogP contribution is 2.37. The highest BCUT2D eigenvalue weighted by atomic mass is 35.5. The van der Waals surface area contributed by atoms with Gasteiger partial charge in [-0.3, -0.25) is 0 Å². The molecule has 2 rings (SSSR count). The lowest BCUT2D eigenvalue weighted by Gasteiger charge is -2.27. The van der Waals surface area contributed by atoms with Crippen LogP contribution in [0.15, 0.2) is 0 Å². The maximum atomic E-state index is 6.23. The molecule has 0 spiro atoms. The minimum atomic E-state index is 0.458. The summed E-state index contributed by atoms with van der Waals surface area (Å²) in [4.78, 5) is 4.90. The van der Waals surface area contributed by atoms with Crippen LogP contribution in [-0.4, -0.2) is 55.5 Å². The molecule has 15 heavy (non-hydrogen) atoms. The van der Waals surface area contributed by atoms with E-state index in [2.05, 4.69) is 23.9 Å². The zero-order valence-corrected chi connectivity index (χ0v) is 10.7. The lowest BCUT2D eigenvalue weighted by Crippen LogP contribution is -2.30. The normalized spacial score (nSPS) is 37.2. The van der Waals surface area contributed by atoms with E-state index in [-0.39, 0.29) is 0 Å². The van der Waals surface area contributed by atoms with Crippen LogP contribution in [0.5, 0.6) is 0 Å². The van der Waals surface area contributed by atoms with Gasteiger partial charge in [0.15, 0.2) is 0 Å². The van der Waals surface area contributed by atoms with Gasteiger partial charge in [-0.2, -0.15) is 0 Å². The average molecular weight is 231 g/mol. The van der Waals surface area contributed by atoms with E-state index < -0.39 is 0 Å². The van der Waals surface area contributed by atoms with Crippen molar-refractivity contribution in [1.82, 2.24) is 9.80 Å². The van der Waals surface area contributed by atoms with Crippen molar-refractivity contribution in [2.24, 2.45) is 11.8 Å². The van der Waals surface area contributed by atoms with Crippen molar-refractivity contribution in [3.63, 3.8) is 0 Å². The first-order valence-electron chi connectivity index (χ1n) is 6.16. The predicted molar refractivity (Wildman–Crippen MR) is 65.5 cm³/mol. The highest BCUT2D eigenvalue weighted by molar-refractivity contribution is 6.20. The number of nitrogens with zero attached hydrogens (tertiary/aromatic N) is 2. The van der Waals surface area contributed by atoms with E-state index >= 15 is 0 Å². The molecule has 3 unspecified atom stereocenters. The molecule has 0 bridgehead atoms. The summed E-state index contributed by atoms with van der Waals surface area (Å²) in [7, 11) is 4.30. The Labute approximate surface area is 98.6 Å². The molecule has 0 amide bonds. The number of halogens is 1. The molecular formula is C12H23ClN2. The van der Waals surface area contributed by atoms with Crippen LogP contribution in [0.4, 0.5) is 0 Å². The quantitative estimate of drug-likeness (QED) is 0.684. The second-order valence-electron chi connectivity index (χ2n) is 5.49. The van der Waals surface area contributed by atoms with Gasteiger partial charge < -0.3 is 9.80 Å². The molecule has 1 aliphatic heterocycles. The molecule has 1 saturated carbocycles. The van der Waals surface area contributed by atoms with E-state index in [4.69, 9.17) is 11.6 Å². The Morgan fingerprint density at radius 2 is 1.93 bits per heavy atom. The summed E-state index contributed by atoms with van der Waals surface area (Å²) < 4.78 is 0. The molecule has 88 valence electrons. The van der Waals surface area contributed by atoms with Gasteiger partial charge in [0.1, 0.15) is 0 Å². The summed E-state index contributed by atoms with van der Waals surface area (Å²) in [5.41, 5.74) is 0. The van der Waals surface area contributed by atoms with Crippen molar-refractivity contribution in [2.75, 3.05) is 40.3 Å². The first-order valence-corrected chi connectivity index (χ1v) is 6.60. The molecule has 0 aromatic carbocycles. The average Bonchev–Trinajstić information content (AvgIpc) is 2.56. The number of hydrogen-bond acceptors (Lipinski definition) is 2. The lowest BCUT2D eigenvalue weighted by molar-refractivity contribution is 0.273. The molecule has 0 radical (unpaired) electrons. The number of likely N-dealkylation sites (N-methyl/N-ethyl adjacent to an activating group) is 1. The summed E-state index contributed by atoms with van der Waals surface area (Å²) in [5.74, 6) is 1.84. The Hall–Kier alpha value is 0.210. The Kier molecular flexibility index (Phi) is 3.92.